The Kier molecular flexibility index (Phi) is 6.82. The molecule has 1 aliphatic heterocycles. The van der Waals surface area contributed by atoms with Crippen molar-refractivity contribution in [3.8, 4) is 5.75 Å². The number of rotatable bonds is 6. The summed E-state index contributed by atoms with van der Waals surface area (Å²) in [6.07, 6.45) is 4.37. The van der Waals surface area contributed by atoms with Crippen molar-refractivity contribution < 1.29 is 4.74 Å². The minimum Gasteiger partial charge on any atom is -0.489 e. The van der Waals surface area contributed by atoms with Crippen LogP contribution in [0.2, 0.25) is 26.2 Å². The molecule has 4 rings (SSSR count). The summed E-state index contributed by atoms with van der Waals surface area (Å²) in [5, 5.41) is 5.15. The number of hydrogen-bond donors (Lipinski definition) is 0. The van der Waals surface area contributed by atoms with Gasteiger partial charge in [0.25, 0.3) is 0 Å². The second-order valence-electron chi connectivity index (χ2n) is 11.5. The van der Waals surface area contributed by atoms with Crippen molar-refractivity contribution in [3.05, 3.63) is 62.2 Å². The molecule has 2 heterocycles. The summed E-state index contributed by atoms with van der Waals surface area (Å²) in [7, 11) is -2.77. The lowest BCUT2D eigenvalue weighted by atomic mass is 9.85. The number of allylic oxidation sites excluding steroid dienone is 1. The summed E-state index contributed by atoms with van der Waals surface area (Å²) in [6.45, 7) is 28.4. The predicted molar refractivity (Wildman–Crippen MR) is 161 cm³/mol. The van der Waals surface area contributed by atoms with E-state index < -0.39 is 16.9 Å². The molecule has 0 bridgehead atoms. The van der Waals surface area contributed by atoms with Gasteiger partial charge in [-0.2, -0.15) is 0 Å². The Labute approximate surface area is 218 Å². The van der Waals surface area contributed by atoms with E-state index in [1.165, 1.54) is 42.1 Å². The van der Waals surface area contributed by atoms with Gasteiger partial charge in [-0.25, -0.2) is 0 Å². The molecule has 0 fully saturated rings. The molecule has 0 spiro atoms. The van der Waals surface area contributed by atoms with Gasteiger partial charge >= 0.3 is 0 Å². The molecule has 5 heteroatoms. The lowest BCUT2D eigenvalue weighted by Gasteiger charge is -2.35. The van der Waals surface area contributed by atoms with Gasteiger partial charge in [0.15, 0.2) is 0 Å². The quantitative estimate of drug-likeness (QED) is 0.285. The molecule has 1 aromatic heterocycles. The van der Waals surface area contributed by atoms with Gasteiger partial charge in [-0.05, 0) is 53.8 Å². The van der Waals surface area contributed by atoms with Crippen LogP contribution in [0, 0.1) is 13.8 Å². The molecular weight excluding hydrogens is 485 g/mol. The van der Waals surface area contributed by atoms with Gasteiger partial charge in [0.05, 0.1) is 8.80 Å². The third-order valence-electron chi connectivity index (χ3n) is 6.92. The van der Waals surface area contributed by atoms with E-state index in [2.05, 4.69) is 104 Å². The molecule has 1 radical (unpaired) electrons. The van der Waals surface area contributed by atoms with Crippen LogP contribution in [-0.2, 0) is 5.41 Å². The molecule has 2 aliphatic rings. The van der Waals surface area contributed by atoms with E-state index in [0.29, 0.717) is 11.9 Å². The van der Waals surface area contributed by atoms with Crippen molar-refractivity contribution in [2.45, 2.75) is 78.4 Å². The van der Waals surface area contributed by atoms with E-state index >= 15 is 0 Å². The molecule has 1 unspecified atom stereocenters. The van der Waals surface area contributed by atoms with Crippen LogP contribution in [0.3, 0.4) is 0 Å². The molecule has 34 heavy (non-hydrogen) atoms. The lowest BCUT2D eigenvalue weighted by Crippen LogP contribution is -2.48. The topological polar surface area (TPSA) is 9.23 Å². The first-order valence-corrected chi connectivity index (χ1v) is 19.5. The number of thiophene rings is 1. The maximum Gasteiger partial charge on any atom is 0.123 e. The molecule has 181 valence electrons. The predicted octanol–water partition coefficient (Wildman–Crippen LogP) is 7.59. The van der Waals surface area contributed by atoms with Crippen molar-refractivity contribution in [1.82, 2.24) is 0 Å². The zero-order valence-electron chi connectivity index (χ0n) is 22.5. The van der Waals surface area contributed by atoms with E-state index in [1.807, 2.05) is 17.4 Å². The number of aryl methyl sites for hydroxylation is 2. The van der Waals surface area contributed by atoms with Crippen molar-refractivity contribution >= 4 is 61.1 Å². The number of fused-ring (bicyclic) bond motifs is 3. The first-order valence-electron chi connectivity index (χ1n) is 12.3. The van der Waals surface area contributed by atoms with Crippen molar-refractivity contribution in [1.29, 1.82) is 0 Å². The molecule has 0 N–H and O–H groups in total. The van der Waals surface area contributed by atoms with Crippen molar-refractivity contribution in [2.24, 2.45) is 0 Å². The minimum atomic E-state index is -2.11. The highest BCUT2D eigenvalue weighted by molar-refractivity contribution is 8.05. The third kappa shape index (κ3) is 4.17. The third-order valence-corrected chi connectivity index (χ3v) is 14.6. The van der Waals surface area contributed by atoms with Crippen molar-refractivity contribution in [2.75, 3.05) is 6.61 Å². The minimum absolute atomic E-state index is 0.0128. The average molecular weight is 524 g/mol. The standard InChI is InChI=1S/C29H39OS2Si2/c1-12-13-30-24-22(14-17(2)27(33(8)9)23(24)29(5,6)7)34(10,11)28-25-20(15-18(3)31-25)21-16-19(4)32-26(21)28/h12,14-16,18H,1,13H2,2-11H3. The van der Waals surface area contributed by atoms with Gasteiger partial charge in [0.1, 0.15) is 20.4 Å². The summed E-state index contributed by atoms with van der Waals surface area (Å²) in [6, 6.07) is 4.92. The summed E-state index contributed by atoms with van der Waals surface area (Å²) < 4.78 is 6.65. The highest BCUT2D eigenvalue weighted by Crippen LogP contribution is 2.57. The largest absolute Gasteiger partial charge is 0.489 e. The lowest BCUT2D eigenvalue weighted by molar-refractivity contribution is 0.354. The Morgan fingerprint density at radius 3 is 2.44 bits per heavy atom. The number of thioether (sulfide) groups is 1. The number of hydrogen-bond acceptors (Lipinski definition) is 3. The first kappa shape index (κ1) is 25.8. The second-order valence-corrected chi connectivity index (χ2v) is 20.9. The molecule has 2 aromatic rings. The Morgan fingerprint density at radius 1 is 1.18 bits per heavy atom. The molecule has 1 atom stereocenters. The van der Waals surface area contributed by atoms with E-state index in [0.717, 1.165) is 5.75 Å². The van der Waals surface area contributed by atoms with E-state index in [9.17, 15) is 0 Å². The van der Waals surface area contributed by atoms with Gasteiger partial charge in [0.2, 0.25) is 0 Å². The summed E-state index contributed by atoms with van der Waals surface area (Å²) in [5.74, 6) is 1.15. The Bertz CT molecular complexity index is 1220. The number of ether oxygens (including phenoxy) is 1. The monoisotopic (exact) mass is 523 g/mol. The average Bonchev–Trinajstić information content (AvgIpc) is 3.33. The molecule has 1 aromatic carbocycles. The summed E-state index contributed by atoms with van der Waals surface area (Å²) in [5.41, 5.74) is 5.84. The number of benzene rings is 1. The fourth-order valence-electron chi connectivity index (χ4n) is 5.62. The zero-order valence-corrected chi connectivity index (χ0v) is 26.2. The van der Waals surface area contributed by atoms with E-state index in [-0.39, 0.29) is 5.41 Å². The highest BCUT2D eigenvalue weighted by Gasteiger charge is 2.44. The van der Waals surface area contributed by atoms with Crippen LogP contribution in [0.5, 0.6) is 5.75 Å². The summed E-state index contributed by atoms with van der Waals surface area (Å²) in [4.78, 5) is 4.46. The van der Waals surface area contributed by atoms with Crippen LogP contribution in [0.1, 0.15) is 54.1 Å². The maximum absolute atomic E-state index is 6.65. The SMILES string of the molecule is C=CCOc1c([Si](C)(C)C2=C3SC(C)C=C3c3cc(C)sc32)cc(C)c([Si](C)C)c1C(C)(C)C. The van der Waals surface area contributed by atoms with Gasteiger partial charge < -0.3 is 4.74 Å². The fraction of sp³-hybridized carbons (Fsp3) is 0.448. The van der Waals surface area contributed by atoms with Crippen LogP contribution in [0.4, 0.5) is 0 Å². The Hall–Kier alpha value is -1.28. The van der Waals surface area contributed by atoms with Crippen LogP contribution in [-0.4, -0.2) is 28.7 Å². The molecule has 0 saturated heterocycles. The normalized spacial score (nSPS) is 17.9. The van der Waals surface area contributed by atoms with Gasteiger partial charge in [0, 0.05) is 25.5 Å². The van der Waals surface area contributed by atoms with Crippen LogP contribution in [0.25, 0.3) is 10.8 Å². The van der Waals surface area contributed by atoms with Crippen LogP contribution < -0.4 is 15.1 Å². The first-order chi connectivity index (χ1) is 15.8. The maximum atomic E-state index is 6.65. The van der Waals surface area contributed by atoms with E-state index in [1.54, 1.807) is 10.4 Å². The zero-order chi connectivity index (χ0) is 25.2. The molecule has 1 nitrogen and oxygen atoms in total. The van der Waals surface area contributed by atoms with E-state index in [4.69, 9.17) is 4.74 Å². The van der Waals surface area contributed by atoms with Crippen LogP contribution in [0.15, 0.2) is 35.8 Å². The second kappa shape index (κ2) is 8.99. The molecule has 1 aliphatic carbocycles. The molecule has 0 amide bonds. The molecule has 0 saturated carbocycles. The van der Waals surface area contributed by atoms with Gasteiger partial charge in [-0.3, -0.25) is 0 Å². The Balaban J connectivity index is 2.05. The van der Waals surface area contributed by atoms with Gasteiger partial charge in [-0.1, -0.05) is 82.5 Å². The fourth-order valence-corrected chi connectivity index (χ4v) is 14.5. The smallest absolute Gasteiger partial charge is 0.123 e. The Morgan fingerprint density at radius 2 is 1.85 bits per heavy atom. The van der Waals surface area contributed by atoms with Crippen LogP contribution >= 0.6 is 23.1 Å². The summed E-state index contributed by atoms with van der Waals surface area (Å²) >= 11 is 4.04. The molecular formula is C29H39OS2Si2. The van der Waals surface area contributed by atoms with Crippen molar-refractivity contribution in [3.63, 3.8) is 0 Å². The highest BCUT2D eigenvalue weighted by atomic mass is 32.2. The van der Waals surface area contributed by atoms with Gasteiger partial charge in [-0.15, -0.1) is 23.1 Å².